The van der Waals surface area contributed by atoms with Crippen molar-refractivity contribution >= 4 is 11.9 Å². The topological polar surface area (TPSA) is 95.9 Å². The number of unbranched alkanes of at least 4 members (excludes halogenated alkanes) is 24. The largest absolute Gasteiger partial charge is 0.462 e. The summed E-state index contributed by atoms with van der Waals surface area (Å²) >= 11 is 0. The molecule has 6 heteroatoms. The molecule has 0 aromatic carbocycles. The van der Waals surface area contributed by atoms with Crippen LogP contribution in [0.15, 0.2) is 85.1 Å². The molecule has 0 aromatic rings. The van der Waals surface area contributed by atoms with E-state index in [2.05, 4.69) is 56.5 Å². The number of hydrogen-bond donors (Lipinski definition) is 3. The quantitative estimate of drug-likeness (QED) is 0.0245. The van der Waals surface area contributed by atoms with Gasteiger partial charge in [0.25, 0.3) is 0 Å². The molecule has 1 amide bonds. The molecular formula is C56H97NO5. The lowest BCUT2D eigenvalue weighted by Crippen LogP contribution is -2.46. The highest BCUT2D eigenvalue weighted by atomic mass is 16.5. The van der Waals surface area contributed by atoms with Crippen molar-refractivity contribution in [3.63, 3.8) is 0 Å². The van der Waals surface area contributed by atoms with Crippen LogP contribution in [0.5, 0.6) is 0 Å². The van der Waals surface area contributed by atoms with E-state index in [9.17, 15) is 19.8 Å². The standard InChI is InChI=1S/C56H97NO5/c1-4-7-10-13-16-19-22-24-26-27-29-31-34-37-40-43-46-49-56(61)62-52(47-44-41-38-35-32-21-18-15-12-9-6-3)50-55(60)57-53(51-58)54(59)48-45-42-39-36-33-30-28-25-23-20-17-14-11-8-5-2/h7,10,13,16,19,22,24,26-27,29,31,34-35,38,52-54,58-59H,4-6,8-9,11-12,14-15,17-18,20-21,23,25,28,30,32-33,36-37,39-51H2,1-3H3,(H,57,60)/b10-7-,16-13+,22-19+,26-24-,29-27+,34-31+,38-35-. The molecule has 0 rings (SSSR count). The molecule has 62 heavy (non-hydrogen) atoms. The van der Waals surface area contributed by atoms with E-state index in [-0.39, 0.29) is 24.9 Å². The minimum atomic E-state index is -0.806. The van der Waals surface area contributed by atoms with Gasteiger partial charge in [0.15, 0.2) is 0 Å². The summed E-state index contributed by atoms with van der Waals surface area (Å²) in [5.74, 6) is -0.558. The Morgan fingerprint density at radius 2 is 0.903 bits per heavy atom. The molecule has 3 N–H and O–H groups in total. The lowest BCUT2D eigenvalue weighted by atomic mass is 10.0. The van der Waals surface area contributed by atoms with Gasteiger partial charge in [-0.3, -0.25) is 9.59 Å². The third kappa shape index (κ3) is 43.7. The van der Waals surface area contributed by atoms with E-state index in [1.165, 1.54) is 116 Å². The number of hydrogen-bond acceptors (Lipinski definition) is 5. The van der Waals surface area contributed by atoms with Crippen LogP contribution in [0.4, 0.5) is 0 Å². The first-order valence-corrected chi connectivity index (χ1v) is 25.9. The highest BCUT2D eigenvalue weighted by molar-refractivity contribution is 5.77. The Balaban J connectivity index is 4.64. The SMILES string of the molecule is CC\C=C/C=C/C=C/C=C\C=C\C=C\CCCCCC(=O)OC(CCC/C=C\CCCCCCCC)CC(=O)NC(CO)C(O)CCCCCCCCCCCCCCCCC. The zero-order chi connectivity index (χ0) is 45.2. The highest BCUT2D eigenvalue weighted by Crippen LogP contribution is 2.17. The molecule has 3 atom stereocenters. The van der Waals surface area contributed by atoms with Crippen LogP contribution in [0.3, 0.4) is 0 Å². The number of rotatable bonds is 45. The van der Waals surface area contributed by atoms with E-state index in [4.69, 9.17) is 4.74 Å². The number of allylic oxidation sites excluding steroid dienone is 14. The minimum Gasteiger partial charge on any atom is -0.462 e. The van der Waals surface area contributed by atoms with Gasteiger partial charge in [0.2, 0.25) is 5.91 Å². The fourth-order valence-electron chi connectivity index (χ4n) is 7.46. The van der Waals surface area contributed by atoms with Crippen LogP contribution in [0.25, 0.3) is 0 Å². The molecule has 0 bridgehead atoms. The Morgan fingerprint density at radius 1 is 0.484 bits per heavy atom. The fraction of sp³-hybridized carbons (Fsp3) is 0.714. The van der Waals surface area contributed by atoms with E-state index < -0.39 is 18.2 Å². The van der Waals surface area contributed by atoms with Crippen molar-refractivity contribution in [3.8, 4) is 0 Å². The smallest absolute Gasteiger partial charge is 0.306 e. The maximum Gasteiger partial charge on any atom is 0.306 e. The van der Waals surface area contributed by atoms with Crippen LogP contribution in [0.2, 0.25) is 0 Å². The Morgan fingerprint density at radius 3 is 1.40 bits per heavy atom. The van der Waals surface area contributed by atoms with Gasteiger partial charge in [0.05, 0.1) is 25.2 Å². The third-order valence-corrected chi connectivity index (χ3v) is 11.4. The number of aliphatic hydroxyl groups excluding tert-OH is 2. The van der Waals surface area contributed by atoms with Crippen LogP contribution < -0.4 is 5.32 Å². The van der Waals surface area contributed by atoms with E-state index in [1.807, 2.05) is 54.7 Å². The summed E-state index contributed by atoms with van der Waals surface area (Å²) in [5.41, 5.74) is 0. The van der Waals surface area contributed by atoms with E-state index in [0.717, 1.165) is 70.6 Å². The van der Waals surface area contributed by atoms with Gasteiger partial charge in [0, 0.05) is 6.42 Å². The average Bonchev–Trinajstić information content (AvgIpc) is 3.26. The van der Waals surface area contributed by atoms with Crippen LogP contribution >= 0.6 is 0 Å². The first-order valence-electron chi connectivity index (χ1n) is 25.9. The summed E-state index contributed by atoms with van der Waals surface area (Å²) in [6.07, 6.45) is 63.6. The van der Waals surface area contributed by atoms with Gasteiger partial charge in [-0.05, 0) is 64.2 Å². The van der Waals surface area contributed by atoms with Gasteiger partial charge in [0.1, 0.15) is 6.10 Å². The minimum absolute atomic E-state index is 0.0346. The number of amides is 1. The second-order valence-electron chi connectivity index (χ2n) is 17.3. The molecular weight excluding hydrogens is 767 g/mol. The number of aliphatic hydroxyl groups is 2. The van der Waals surface area contributed by atoms with Crippen LogP contribution in [0, 0.1) is 0 Å². The highest BCUT2D eigenvalue weighted by Gasteiger charge is 2.24. The van der Waals surface area contributed by atoms with Gasteiger partial charge < -0.3 is 20.3 Å². The van der Waals surface area contributed by atoms with Crippen LogP contribution in [0.1, 0.15) is 233 Å². The van der Waals surface area contributed by atoms with Gasteiger partial charge in [-0.1, -0.05) is 241 Å². The van der Waals surface area contributed by atoms with E-state index in [1.54, 1.807) is 0 Å². The first-order chi connectivity index (χ1) is 30.5. The number of carbonyl (C=O) groups excluding carboxylic acids is 2. The third-order valence-electron chi connectivity index (χ3n) is 11.4. The van der Waals surface area contributed by atoms with Gasteiger partial charge >= 0.3 is 5.97 Å². The maximum absolute atomic E-state index is 13.2. The van der Waals surface area contributed by atoms with Gasteiger partial charge in [-0.15, -0.1) is 0 Å². The molecule has 0 aliphatic heterocycles. The number of ether oxygens (including phenoxy) is 1. The Kier molecular flexibility index (Phi) is 46.7. The molecule has 0 aliphatic rings. The van der Waals surface area contributed by atoms with Crippen molar-refractivity contribution in [1.29, 1.82) is 0 Å². The van der Waals surface area contributed by atoms with Crippen molar-refractivity contribution in [1.82, 2.24) is 5.32 Å². The van der Waals surface area contributed by atoms with Crippen molar-refractivity contribution < 1.29 is 24.5 Å². The summed E-state index contributed by atoms with van der Waals surface area (Å²) in [5, 5.41) is 23.8. The summed E-state index contributed by atoms with van der Waals surface area (Å²) < 4.78 is 5.89. The predicted molar refractivity (Wildman–Crippen MR) is 268 cm³/mol. The Bertz CT molecular complexity index is 1200. The molecule has 0 spiro atoms. The Labute approximate surface area is 383 Å². The van der Waals surface area contributed by atoms with Crippen molar-refractivity contribution in [2.24, 2.45) is 0 Å². The van der Waals surface area contributed by atoms with Gasteiger partial charge in [-0.2, -0.15) is 0 Å². The maximum atomic E-state index is 13.2. The first kappa shape index (κ1) is 59.0. The van der Waals surface area contributed by atoms with Gasteiger partial charge in [-0.25, -0.2) is 0 Å². The molecule has 0 fully saturated rings. The Hall–Kier alpha value is -2.96. The van der Waals surface area contributed by atoms with E-state index >= 15 is 0 Å². The lowest BCUT2D eigenvalue weighted by molar-refractivity contribution is -0.151. The summed E-state index contributed by atoms with van der Waals surface area (Å²) in [6.45, 7) is 6.31. The summed E-state index contributed by atoms with van der Waals surface area (Å²) in [7, 11) is 0. The normalized spacial score (nSPS) is 14.0. The summed E-state index contributed by atoms with van der Waals surface area (Å²) in [6, 6.07) is -0.723. The molecule has 6 nitrogen and oxygen atoms in total. The second kappa shape index (κ2) is 49.1. The van der Waals surface area contributed by atoms with Crippen molar-refractivity contribution in [3.05, 3.63) is 85.1 Å². The van der Waals surface area contributed by atoms with Crippen LogP contribution in [-0.2, 0) is 14.3 Å². The molecule has 0 saturated heterocycles. The average molecular weight is 864 g/mol. The van der Waals surface area contributed by atoms with Crippen LogP contribution in [-0.4, -0.2) is 46.9 Å². The predicted octanol–water partition coefficient (Wildman–Crippen LogP) is 15.6. The fourth-order valence-corrected chi connectivity index (χ4v) is 7.46. The number of esters is 1. The zero-order valence-electron chi connectivity index (χ0n) is 40.5. The molecule has 356 valence electrons. The molecule has 0 heterocycles. The second-order valence-corrected chi connectivity index (χ2v) is 17.3. The molecule has 3 unspecified atom stereocenters. The van der Waals surface area contributed by atoms with E-state index in [0.29, 0.717) is 19.3 Å². The summed E-state index contributed by atoms with van der Waals surface area (Å²) in [4.78, 5) is 26.1. The number of nitrogens with one attached hydrogen (secondary N) is 1. The van der Waals surface area contributed by atoms with Crippen molar-refractivity contribution in [2.45, 2.75) is 251 Å². The molecule has 0 aliphatic carbocycles. The van der Waals surface area contributed by atoms with Crippen molar-refractivity contribution in [2.75, 3.05) is 6.61 Å². The molecule has 0 saturated carbocycles. The molecule has 0 radical (unpaired) electrons. The lowest BCUT2D eigenvalue weighted by Gasteiger charge is -2.24. The molecule has 0 aromatic heterocycles. The zero-order valence-corrected chi connectivity index (χ0v) is 40.5. The number of carbonyl (C=O) groups is 2. The monoisotopic (exact) mass is 864 g/mol.